The van der Waals surface area contributed by atoms with E-state index in [0.29, 0.717) is 5.00 Å². The van der Waals surface area contributed by atoms with E-state index in [1.807, 2.05) is 26.8 Å². The molecule has 0 aromatic carbocycles. The van der Waals surface area contributed by atoms with Crippen LogP contribution in [0.2, 0.25) is 0 Å². The molecule has 0 bridgehead atoms. The summed E-state index contributed by atoms with van der Waals surface area (Å²) in [7, 11) is 0. The van der Waals surface area contributed by atoms with Gasteiger partial charge in [-0.1, -0.05) is 0 Å². The van der Waals surface area contributed by atoms with Gasteiger partial charge in [0.1, 0.15) is 16.5 Å². The number of aromatic carboxylic acids is 1. The van der Waals surface area contributed by atoms with Gasteiger partial charge in [-0.15, -0.1) is 11.3 Å². The highest BCUT2D eigenvalue weighted by Crippen LogP contribution is 2.28. The number of nitrogens with one attached hydrogen (secondary N) is 1. The van der Waals surface area contributed by atoms with Gasteiger partial charge < -0.3 is 14.8 Å². The largest absolute Gasteiger partial charge is 0.476 e. The molecule has 2 rings (SSSR count). The number of carbonyl (C=O) groups is 1. The lowest BCUT2D eigenvalue weighted by atomic mass is 10.1. The molecule has 5 nitrogen and oxygen atoms in total. The van der Waals surface area contributed by atoms with Crippen LogP contribution in [0.3, 0.4) is 0 Å². The number of hydrogen-bond acceptors (Lipinski definition) is 5. The molecule has 0 aliphatic heterocycles. The van der Waals surface area contributed by atoms with Crippen molar-refractivity contribution in [3.8, 4) is 0 Å². The fourth-order valence-corrected chi connectivity index (χ4v) is 2.62. The zero-order valence-electron chi connectivity index (χ0n) is 10.4. The number of thiazole rings is 1. The first-order valence-corrected chi connectivity index (χ1v) is 6.37. The number of anilines is 1. The maximum atomic E-state index is 11.0. The Balaban J connectivity index is 2.21. The smallest absolute Gasteiger partial charge is 0.357 e. The number of furan rings is 1. The van der Waals surface area contributed by atoms with Crippen LogP contribution < -0.4 is 5.32 Å². The summed E-state index contributed by atoms with van der Waals surface area (Å²) in [6, 6.07) is 1.93. The lowest BCUT2D eigenvalue weighted by Gasteiger charge is -2.13. The zero-order valence-corrected chi connectivity index (χ0v) is 11.2. The maximum Gasteiger partial charge on any atom is 0.357 e. The van der Waals surface area contributed by atoms with E-state index in [1.54, 1.807) is 0 Å². The lowest BCUT2D eigenvalue weighted by Crippen LogP contribution is -2.09. The SMILES string of the molecule is Cc1cc(C(C)Nc2scnc2C(=O)O)c(C)o1. The molecule has 0 saturated carbocycles. The van der Waals surface area contributed by atoms with Crippen molar-refractivity contribution in [3.63, 3.8) is 0 Å². The molecule has 1 unspecified atom stereocenters. The average Bonchev–Trinajstić information content (AvgIpc) is 2.85. The fraction of sp³-hybridized carbons (Fsp3) is 0.333. The minimum Gasteiger partial charge on any atom is -0.476 e. The van der Waals surface area contributed by atoms with Crippen LogP contribution in [0.4, 0.5) is 5.00 Å². The molecule has 2 N–H and O–H groups in total. The van der Waals surface area contributed by atoms with Crippen molar-refractivity contribution in [1.29, 1.82) is 0 Å². The quantitative estimate of drug-likeness (QED) is 0.888. The lowest BCUT2D eigenvalue weighted by molar-refractivity contribution is 0.0692. The summed E-state index contributed by atoms with van der Waals surface area (Å²) in [5.74, 6) is 0.666. The number of nitrogens with zero attached hydrogens (tertiary/aromatic N) is 1. The van der Waals surface area contributed by atoms with E-state index in [4.69, 9.17) is 9.52 Å². The number of aromatic nitrogens is 1. The van der Waals surface area contributed by atoms with Crippen molar-refractivity contribution in [2.45, 2.75) is 26.8 Å². The molecule has 96 valence electrons. The van der Waals surface area contributed by atoms with Crippen LogP contribution in [-0.2, 0) is 0 Å². The summed E-state index contributed by atoms with van der Waals surface area (Å²) in [5.41, 5.74) is 2.60. The van der Waals surface area contributed by atoms with E-state index in [0.717, 1.165) is 17.1 Å². The van der Waals surface area contributed by atoms with Crippen LogP contribution >= 0.6 is 11.3 Å². The second-order valence-electron chi connectivity index (χ2n) is 4.07. The van der Waals surface area contributed by atoms with Crippen LogP contribution in [0, 0.1) is 13.8 Å². The van der Waals surface area contributed by atoms with Crippen molar-refractivity contribution < 1.29 is 14.3 Å². The van der Waals surface area contributed by atoms with E-state index in [9.17, 15) is 4.79 Å². The molecule has 2 aromatic heterocycles. The van der Waals surface area contributed by atoms with Crippen molar-refractivity contribution in [3.05, 3.63) is 34.4 Å². The van der Waals surface area contributed by atoms with Gasteiger partial charge in [0.05, 0.1) is 11.6 Å². The van der Waals surface area contributed by atoms with Gasteiger partial charge in [-0.2, -0.15) is 0 Å². The molecule has 0 aliphatic rings. The first-order valence-electron chi connectivity index (χ1n) is 5.49. The molecule has 0 saturated heterocycles. The molecule has 18 heavy (non-hydrogen) atoms. The third kappa shape index (κ3) is 2.38. The van der Waals surface area contributed by atoms with Crippen LogP contribution in [-0.4, -0.2) is 16.1 Å². The Bertz CT molecular complexity index is 574. The Hall–Kier alpha value is -1.82. The van der Waals surface area contributed by atoms with Gasteiger partial charge >= 0.3 is 5.97 Å². The third-order valence-electron chi connectivity index (χ3n) is 2.66. The molecular weight excluding hydrogens is 252 g/mol. The topological polar surface area (TPSA) is 75.4 Å². The Morgan fingerprint density at radius 3 is 2.83 bits per heavy atom. The highest BCUT2D eigenvalue weighted by Gasteiger charge is 2.18. The van der Waals surface area contributed by atoms with Gasteiger partial charge in [-0.05, 0) is 26.8 Å². The summed E-state index contributed by atoms with van der Waals surface area (Å²) >= 11 is 1.28. The maximum absolute atomic E-state index is 11.0. The highest BCUT2D eigenvalue weighted by atomic mass is 32.1. The first-order chi connectivity index (χ1) is 8.49. The van der Waals surface area contributed by atoms with Crippen molar-refractivity contribution in [2.24, 2.45) is 0 Å². The molecule has 2 heterocycles. The Morgan fingerprint density at radius 1 is 1.56 bits per heavy atom. The second kappa shape index (κ2) is 4.81. The average molecular weight is 266 g/mol. The summed E-state index contributed by atoms with van der Waals surface area (Å²) < 4.78 is 5.46. The summed E-state index contributed by atoms with van der Waals surface area (Å²) in [6.07, 6.45) is 0. The monoisotopic (exact) mass is 266 g/mol. The molecule has 0 radical (unpaired) electrons. The zero-order chi connectivity index (χ0) is 13.3. The minimum absolute atomic E-state index is 0.0269. The van der Waals surface area contributed by atoms with Crippen molar-refractivity contribution >= 4 is 22.3 Å². The molecule has 0 spiro atoms. The van der Waals surface area contributed by atoms with Crippen LogP contribution in [0.15, 0.2) is 16.0 Å². The van der Waals surface area contributed by atoms with E-state index in [2.05, 4.69) is 10.3 Å². The van der Waals surface area contributed by atoms with E-state index >= 15 is 0 Å². The minimum atomic E-state index is -1.02. The molecule has 1 atom stereocenters. The van der Waals surface area contributed by atoms with Gasteiger partial charge in [0.2, 0.25) is 0 Å². The predicted octanol–water partition coefficient (Wildman–Crippen LogP) is 3.22. The van der Waals surface area contributed by atoms with E-state index in [-0.39, 0.29) is 11.7 Å². The fourth-order valence-electron chi connectivity index (χ4n) is 1.86. The summed E-state index contributed by atoms with van der Waals surface area (Å²) in [4.78, 5) is 14.8. The standard InChI is InChI=1S/C12H14N2O3S/c1-6-4-9(8(3)17-6)7(2)14-11-10(12(15)16)13-5-18-11/h4-5,7,14H,1-3H3,(H,15,16). The van der Waals surface area contributed by atoms with E-state index < -0.39 is 5.97 Å². The van der Waals surface area contributed by atoms with E-state index in [1.165, 1.54) is 16.8 Å². The molecule has 6 heteroatoms. The van der Waals surface area contributed by atoms with Gasteiger partial charge in [0.15, 0.2) is 5.69 Å². The Kier molecular flexibility index (Phi) is 3.38. The normalized spacial score (nSPS) is 12.4. The van der Waals surface area contributed by atoms with Crippen molar-refractivity contribution in [1.82, 2.24) is 4.98 Å². The first kappa shape index (κ1) is 12.6. The molecule has 0 fully saturated rings. The molecule has 0 aliphatic carbocycles. The Labute approximate surface area is 108 Å². The summed E-state index contributed by atoms with van der Waals surface area (Å²) in [6.45, 7) is 5.74. The number of rotatable bonds is 4. The van der Waals surface area contributed by atoms with Crippen LogP contribution in [0.25, 0.3) is 0 Å². The molecular formula is C12H14N2O3S. The van der Waals surface area contributed by atoms with Gasteiger partial charge in [0, 0.05) is 5.56 Å². The third-order valence-corrected chi connectivity index (χ3v) is 3.42. The number of hydrogen-bond donors (Lipinski definition) is 2. The van der Waals surface area contributed by atoms with Gasteiger partial charge in [-0.25, -0.2) is 9.78 Å². The highest BCUT2D eigenvalue weighted by molar-refractivity contribution is 7.14. The number of aryl methyl sites for hydroxylation is 2. The second-order valence-corrected chi connectivity index (χ2v) is 4.92. The predicted molar refractivity (Wildman–Crippen MR) is 69.3 cm³/mol. The van der Waals surface area contributed by atoms with Crippen LogP contribution in [0.5, 0.6) is 0 Å². The number of carboxylic acid groups (broad SMARTS) is 1. The molecule has 2 aromatic rings. The Morgan fingerprint density at radius 2 is 2.28 bits per heavy atom. The van der Waals surface area contributed by atoms with Gasteiger partial charge in [0.25, 0.3) is 0 Å². The van der Waals surface area contributed by atoms with Crippen LogP contribution in [0.1, 0.15) is 40.5 Å². The molecule has 0 amide bonds. The van der Waals surface area contributed by atoms with Crippen molar-refractivity contribution in [2.75, 3.05) is 5.32 Å². The summed E-state index contributed by atoms with van der Waals surface area (Å²) in [5, 5.41) is 12.7. The van der Waals surface area contributed by atoms with Gasteiger partial charge in [-0.3, -0.25) is 0 Å². The number of carboxylic acids is 1.